The van der Waals surface area contributed by atoms with Crippen molar-refractivity contribution in [1.82, 2.24) is 20.4 Å². The number of rotatable bonds is 7. The fourth-order valence-corrected chi connectivity index (χ4v) is 4.40. The number of benzene rings is 1. The molecule has 7 heteroatoms. The number of hydrogen-bond acceptors (Lipinski definition) is 4. The van der Waals surface area contributed by atoms with Crippen molar-refractivity contribution in [3.05, 3.63) is 35.4 Å². The molecular formula is C24H42IN5O. The second-order valence-electron chi connectivity index (χ2n) is 9.15. The highest BCUT2D eigenvalue weighted by Gasteiger charge is 2.28. The first-order chi connectivity index (χ1) is 14.6. The van der Waals surface area contributed by atoms with Crippen LogP contribution in [0, 0.1) is 0 Å². The van der Waals surface area contributed by atoms with Crippen molar-refractivity contribution in [2.24, 2.45) is 4.99 Å². The van der Waals surface area contributed by atoms with Crippen molar-refractivity contribution in [3.63, 3.8) is 0 Å². The van der Waals surface area contributed by atoms with Crippen LogP contribution in [0.25, 0.3) is 0 Å². The molecule has 2 N–H and O–H groups in total. The van der Waals surface area contributed by atoms with Crippen molar-refractivity contribution in [3.8, 4) is 0 Å². The number of halogens is 1. The van der Waals surface area contributed by atoms with Gasteiger partial charge in [-0.05, 0) is 50.9 Å². The van der Waals surface area contributed by atoms with E-state index in [0.717, 1.165) is 51.9 Å². The lowest BCUT2D eigenvalue weighted by molar-refractivity contribution is -0.00834. The number of nitrogens with zero attached hydrogens (tertiary/aromatic N) is 3. The van der Waals surface area contributed by atoms with E-state index in [1.165, 1.54) is 49.9 Å². The first-order valence-corrected chi connectivity index (χ1v) is 11.6. The summed E-state index contributed by atoms with van der Waals surface area (Å²) in [4.78, 5) is 9.56. The Hall–Kier alpha value is -0.900. The van der Waals surface area contributed by atoms with Gasteiger partial charge in [-0.25, -0.2) is 0 Å². The zero-order valence-electron chi connectivity index (χ0n) is 19.7. The largest absolute Gasteiger partial charge is 0.379 e. The third-order valence-electron chi connectivity index (χ3n) is 6.44. The van der Waals surface area contributed by atoms with E-state index in [4.69, 9.17) is 4.74 Å². The molecule has 1 aromatic carbocycles. The fraction of sp³-hybridized carbons (Fsp3) is 0.708. The molecule has 0 aliphatic carbocycles. The zero-order chi connectivity index (χ0) is 21.2. The summed E-state index contributed by atoms with van der Waals surface area (Å²) >= 11 is 0. The maximum Gasteiger partial charge on any atom is 0.191 e. The molecule has 0 radical (unpaired) electrons. The van der Waals surface area contributed by atoms with Crippen LogP contribution in [0.4, 0.5) is 0 Å². The van der Waals surface area contributed by atoms with Gasteiger partial charge in [0.25, 0.3) is 0 Å². The molecule has 0 amide bonds. The van der Waals surface area contributed by atoms with Gasteiger partial charge < -0.3 is 15.4 Å². The molecule has 2 aliphatic heterocycles. The van der Waals surface area contributed by atoms with E-state index in [0.29, 0.717) is 0 Å². The highest BCUT2D eigenvalue weighted by atomic mass is 127. The number of morpholine rings is 1. The molecule has 3 rings (SSSR count). The van der Waals surface area contributed by atoms with Crippen LogP contribution >= 0.6 is 24.0 Å². The Labute approximate surface area is 206 Å². The molecule has 2 heterocycles. The van der Waals surface area contributed by atoms with E-state index >= 15 is 0 Å². The number of nitrogens with one attached hydrogen (secondary N) is 2. The molecule has 0 spiro atoms. The summed E-state index contributed by atoms with van der Waals surface area (Å²) in [6.07, 6.45) is 5.41. The molecular weight excluding hydrogens is 501 g/mol. The summed E-state index contributed by atoms with van der Waals surface area (Å²) in [5, 5.41) is 7.06. The average molecular weight is 544 g/mol. The maximum absolute atomic E-state index is 5.50. The lowest BCUT2D eigenvalue weighted by Gasteiger charge is -2.41. The molecule has 176 valence electrons. The summed E-state index contributed by atoms with van der Waals surface area (Å²) in [7, 11) is 1.85. The van der Waals surface area contributed by atoms with E-state index in [1.807, 2.05) is 7.05 Å². The monoisotopic (exact) mass is 543 g/mol. The number of aliphatic imine (C=N–C) groups is 1. The standard InChI is InChI=1S/C24H41N5O.HI/c1-24(2,29-14-16-30-17-15-29)20-27-23(25-3)26-18-21-10-6-7-11-22(21)19-28-12-8-4-5-9-13-28;/h6-7,10-11H,4-5,8-9,12-20H2,1-3H3,(H2,25,26,27);1H. The number of likely N-dealkylation sites (tertiary alicyclic amines) is 1. The molecule has 2 fully saturated rings. The van der Waals surface area contributed by atoms with E-state index in [-0.39, 0.29) is 29.5 Å². The Morgan fingerprint density at radius 3 is 2.26 bits per heavy atom. The van der Waals surface area contributed by atoms with Crippen LogP contribution in [0.2, 0.25) is 0 Å². The highest BCUT2D eigenvalue weighted by Crippen LogP contribution is 2.17. The van der Waals surface area contributed by atoms with E-state index < -0.39 is 0 Å². The lowest BCUT2D eigenvalue weighted by atomic mass is 10.0. The van der Waals surface area contributed by atoms with Gasteiger partial charge in [-0.2, -0.15) is 0 Å². The third-order valence-corrected chi connectivity index (χ3v) is 6.44. The predicted molar refractivity (Wildman–Crippen MR) is 140 cm³/mol. The van der Waals surface area contributed by atoms with Crippen LogP contribution in [-0.2, 0) is 17.8 Å². The maximum atomic E-state index is 5.50. The number of ether oxygens (including phenoxy) is 1. The van der Waals surface area contributed by atoms with Gasteiger partial charge in [0.2, 0.25) is 0 Å². The fourth-order valence-electron chi connectivity index (χ4n) is 4.40. The molecule has 1 aromatic rings. The van der Waals surface area contributed by atoms with E-state index in [1.54, 1.807) is 0 Å². The topological polar surface area (TPSA) is 52.1 Å². The van der Waals surface area contributed by atoms with Crippen molar-refractivity contribution in [2.45, 2.75) is 58.2 Å². The number of hydrogen-bond donors (Lipinski definition) is 2. The van der Waals surface area contributed by atoms with Gasteiger partial charge in [0.1, 0.15) is 0 Å². The molecule has 0 atom stereocenters. The smallest absolute Gasteiger partial charge is 0.191 e. The Morgan fingerprint density at radius 2 is 1.61 bits per heavy atom. The minimum absolute atomic E-state index is 0. The lowest BCUT2D eigenvalue weighted by Crippen LogP contribution is -2.56. The van der Waals surface area contributed by atoms with Gasteiger partial charge in [0.05, 0.1) is 13.2 Å². The summed E-state index contributed by atoms with van der Waals surface area (Å²) in [5.74, 6) is 0.862. The molecule has 2 aliphatic rings. The minimum Gasteiger partial charge on any atom is -0.379 e. The Kier molecular flexibility index (Phi) is 11.6. The quantitative estimate of drug-likeness (QED) is 0.314. The van der Waals surface area contributed by atoms with Gasteiger partial charge >= 0.3 is 0 Å². The van der Waals surface area contributed by atoms with Gasteiger partial charge in [-0.1, -0.05) is 37.1 Å². The van der Waals surface area contributed by atoms with Crippen molar-refractivity contribution in [1.29, 1.82) is 0 Å². The first-order valence-electron chi connectivity index (χ1n) is 11.6. The second kappa shape index (κ2) is 13.6. The van der Waals surface area contributed by atoms with Crippen molar-refractivity contribution < 1.29 is 4.74 Å². The molecule has 0 bridgehead atoms. The van der Waals surface area contributed by atoms with Gasteiger partial charge in [-0.3, -0.25) is 14.8 Å². The molecule has 31 heavy (non-hydrogen) atoms. The summed E-state index contributed by atoms with van der Waals surface area (Å²) in [5.41, 5.74) is 2.85. The average Bonchev–Trinajstić information content (AvgIpc) is 3.04. The molecule has 0 saturated carbocycles. The molecule has 0 aromatic heterocycles. The third kappa shape index (κ3) is 8.51. The van der Waals surface area contributed by atoms with Crippen LogP contribution < -0.4 is 10.6 Å². The van der Waals surface area contributed by atoms with Gasteiger partial charge in [0, 0.05) is 45.3 Å². The Balaban J connectivity index is 0.00000341. The summed E-state index contributed by atoms with van der Waals surface area (Å²) in [6, 6.07) is 8.82. The van der Waals surface area contributed by atoms with Crippen molar-refractivity contribution >= 4 is 29.9 Å². The minimum atomic E-state index is 0. The van der Waals surface area contributed by atoms with Crippen LogP contribution in [0.5, 0.6) is 0 Å². The SMILES string of the molecule is CN=C(NCc1ccccc1CN1CCCCCC1)NCC(C)(C)N1CCOCC1.I. The van der Waals surface area contributed by atoms with Gasteiger partial charge in [-0.15, -0.1) is 24.0 Å². The Morgan fingerprint density at radius 1 is 0.968 bits per heavy atom. The van der Waals surface area contributed by atoms with Crippen molar-refractivity contribution in [2.75, 3.05) is 53.0 Å². The van der Waals surface area contributed by atoms with Gasteiger partial charge in [0.15, 0.2) is 5.96 Å². The van der Waals surface area contributed by atoms with Crippen LogP contribution in [-0.4, -0.2) is 74.3 Å². The zero-order valence-corrected chi connectivity index (χ0v) is 22.0. The normalized spacial score (nSPS) is 19.4. The summed E-state index contributed by atoms with van der Waals surface area (Å²) in [6.45, 7) is 13.3. The Bertz CT molecular complexity index is 668. The number of guanidine groups is 1. The molecule has 6 nitrogen and oxygen atoms in total. The first kappa shape index (κ1) is 26.4. The molecule has 0 unspecified atom stereocenters. The molecule has 2 saturated heterocycles. The van der Waals surface area contributed by atoms with Crippen LogP contribution in [0.1, 0.15) is 50.7 Å². The predicted octanol–water partition coefficient (Wildman–Crippen LogP) is 3.46. The summed E-state index contributed by atoms with van der Waals surface area (Å²) < 4.78 is 5.50. The second-order valence-corrected chi connectivity index (χ2v) is 9.15. The highest BCUT2D eigenvalue weighted by molar-refractivity contribution is 14.0. The van der Waals surface area contributed by atoms with E-state index in [2.05, 4.69) is 63.5 Å². The van der Waals surface area contributed by atoms with Crippen LogP contribution in [0.15, 0.2) is 29.3 Å². The van der Waals surface area contributed by atoms with Crippen LogP contribution in [0.3, 0.4) is 0 Å². The van der Waals surface area contributed by atoms with E-state index in [9.17, 15) is 0 Å².